The Morgan fingerprint density at radius 1 is 0.625 bits per heavy atom. The predicted octanol–water partition coefficient (Wildman–Crippen LogP) is 4.64. The summed E-state index contributed by atoms with van der Waals surface area (Å²) in [5, 5.41) is 0. The zero-order valence-corrected chi connectivity index (χ0v) is 11.2. The molecular weight excluding hydrogens is 194 g/mol. The van der Waals surface area contributed by atoms with Gasteiger partial charge in [0.2, 0.25) is 0 Å². The lowest BCUT2D eigenvalue weighted by Gasteiger charge is -2.14. The van der Waals surface area contributed by atoms with Gasteiger partial charge in [-0.3, -0.25) is 0 Å². The summed E-state index contributed by atoms with van der Waals surface area (Å²) in [6.45, 7) is 2.43. The summed E-state index contributed by atoms with van der Waals surface area (Å²) in [5.41, 5.74) is 6.11. The third-order valence-electron chi connectivity index (χ3n) is 4.04. The summed E-state index contributed by atoms with van der Waals surface area (Å²) in [6.07, 6.45) is 16.7. The molecular formula is C15H31N. The molecule has 0 aromatic rings. The van der Waals surface area contributed by atoms with E-state index in [9.17, 15) is 0 Å². The summed E-state index contributed by atoms with van der Waals surface area (Å²) < 4.78 is 0. The maximum absolute atomic E-state index is 6.11. The summed E-state index contributed by atoms with van der Waals surface area (Å²) >= 11 is 0. The van der Waals surface area contributed by atoms with E-state index in [2.05, 4.69) is 6.92 Å². The highest BCUT2D eigenvalue weighted by molar-refractivity contribution is 4.63. The molecule has 1 aliphatic rings. The third kappa shape index (κ3) is 7.27. The molecule has 16 heavy (non-hydrogen) atoms. The number of hydrogen-bond acceptors (Lipinski definition) is 1. The molecule has 0 spiro atoms. The van der Waals surface area contributed by atoms with Crippen molar-refractivity contribution < 1.29 is 0 Å². The van der Waals surface area contributed by atoms with Gasteiger partial charge in [-0.15, -0.1) is 0 Å². The van der Waals surface area contributed by atoms with Crippen LogP contribution in [0.1, 0.15) is 84.0 Å². The van der Waals surface area contributed by atoms with E-state index in [1.54, 1.807) is 0 Å². The molecule has 1 heteroatoms. The van der Waals surface area contributed by atoms with Crippen molar-refractivity contribution in [1.82, 2.24) is 0 Å². The third-order valence-corrected chi connectivity index (χ3v) is 4.04. The molecule has 1 rings (SSSR count). The van der Waals surface area contributed by atoms with Gasteiger partial charge in [-0.1, -0.05) is 71.1 Å². The summed E-state index contributed by atoms with van der Waals surface area (Å²) in [7, 11) is 0. The fourth-order valence-electron chi connectivity index (χ4n) is 2.79. The van der Waals surface area contributed by atoms with Crippen LogP contribution in [-0.4, -0.2) is 6.04 Å². The first kappa shape index (κ1) is 14.0. The smallest absolute Gasteiger partial charge is 0.00388 e. The van der Waals surface area contributed by atoms with Crippen LogP contribution < -0.4 is 5.73 Å². The maximum atomic E-state index is 6.11. The highest BCUT2D eigenvalue weighted by Gasteiger charge is 2.05. The number of nitrogens with two attached hydrogens (primary N) is 1. The van der Waals surface area contributed by atoms with Gasteiger partial charge in [0.15, 0.2) is 0 Å². The summed E-state index contributed by atoms with van der Waals surface area (Å²) in [5.74, 6) is 0.963. The molecule has 0 aromatic heterocycles. The molecule has 0 aromatic carbocycles. The second-order valence-corrected chi connectivity index (χ2v) is 5.85. The van der Waals surface area contributed by atoms with Crippen molar-refractivity contribution in [3.63, 3.8) is 0 Å². The first-order valence-electron chi connectivity index (χ1n) is 7.54. The molecule has 0 radical (unpaired) electrons. The second-order valence-electron chi connectivity index (χ2n) is 5.85. The molecule has 0 unspecified atom stereocenters. The van der Waals surface area contributed by atoms with Crippen molar-refractivity contribution in [1.29, 1.82) is 0 Å². The molecule has 1 saturated carbocycles. The fourth-order valence-corrected chi connectivity index (χ4v) is 2.79. The monoisotopic (exact) mass is 225 g/mol. The molecule has 0 amide bonds. The van der Waals surface area contributed by atoms with Crippen LogP contribution in [0.2, 0.25) is 0 Å². The topological polar surface area (TPSA) is 26.0 Å². The lowest BCUT2D eigenvalue weighted by Crippen LogP contribution is -2.19. The first-order valence-corrected chi connectivity index (χ1v) is 7.54. The van der Waals surface area contributed by atoms with Crippen molar-refractivity contribution in [2.24, 2.45) is 11.7 Å². The number of rotatable bonds is 0. The molecule has 0 heterocycles. The van der Waals surface area contributed by atoms with Crippen LogP contribution in [0.4, 0.5) is 0 Å². The Morgan fingerprint density at radius 2 is 1.00 bits per heavy atom. The minimum Gasteiger partial charge on any atom is -0.328 e. The Balaban J connectivity index is 2.18. The predicted molar refractivity (Wildman–Crippen MR) is 72.5 cm³/mol. The van der Waals surface area contributed by atoms with Gasteiger partial charge in [0, 0.05) is 6.04 Å². The minimum atomic E-state index is 0.488. The lowest BCUT2D eigenvalue weighted by molar-refractivity contribution is 0.415. The first-order chi connectivity index (χ1) is 7.79. The molecule has 0 atom stereocenters. The molecule has 96 valence electrons. The Labute approximate surface area is 102 Å². The van der Waals surface area contributed by atoms with E-state index in [-0.39, 0.29) is 0 Å². The van der Waals surface area contributed by atoms with Gasteiger partial charge in [0.05, 0.1) is 0 Å². The van der Waals surface area contributed by atoms with Crippen LogP contribution in [0.15, 0.2) is 0 Å². The van der Waals surface area contributed by atoms with Crippen molar-refractivity contribution >= 4 is 0 Å². The van der Waals surface area contributed by atoms with Crippen LogP contribution >= 0.6 is 0 Å². The highest BCUT2D eigenvalue weighted by Crippen LogP contribution is 2.19. The zero-order valence-electron chi connectivity index (χ0n) is 11.2. The molecule has 1 nitrogen and oxygen atoms in total. The molecule has 1 aliphatic carbocycles. The van der Waals surface area contributed by atoms with E-state index < -0.39 is 0 Å². The van der Waals surface area contributed by atoms with Crippen LogP contribution in [0.3, 0.4) is 0 Å². The quantitative estimate of drug-likeness (QED) is 0.638. The average Bonchev–Trinajstić information content (AvgIpc) is 2.27. The van der Waals surface area contributed by atoms with Crippen LogP contribution in [0.5, 0.6) is 0 Å². The zero-order chi connectivity index (χ0) is 11.6. The van der Waals surface area contributed by atoms with Crippen molar-refractivity contribution in [2.75, 3.05) is 0 Å². The van der Waals surface area contributed by atoms with Crippen molar-refractivity contribution in [2.45, 2.75) is 90.0 Å². The van der Waals surface area contributed by atoms with Crippen LogP contribution in [0.25, 0.3) is 0 Å². The highest BCUT2D eigenvalue weighted by atomic mass is 14.6. The van der Waals surface area contributed by atoms with E-state index in [0.717, 1.165) is 5.92 Å². The van der Waals surface area contributed by atoms with E-state index in [1.165, 1.54) is 77.0 Å². The van der Waals surface area contributed by atoms with E-state index >= 15 is 0 Å². The van der Waals surface area contributed by atoms with Crippen molar-refractivity contribution in [3.05, 3.63) is 0 Å². The molecule has 0 bridgehead atoms. The van der Waals surface area contributed by atoms with Gasteiger partial charge in [-0.25, -0.2) is 0 Å². The fraction of sp³-hybridized carbons (Fsp3) is 1.00. The Kier molecular flexibility index (Phi) is 7.92. The summed E-state index contributed by atoms with van der Waals surface area (Å²) in [6, 6.07) is 0.488. The van der Waals surface area contributed by atoms with Gasteiger partial charge in [0.25, 0.3) is 0 Å². The molecule has 2 N–H and O–H groups in total. The second kappa shape index (κ2) is 9.04. The average molecular weight is 225 g/mol. The molecule has 0 saturated heterocycles. The van der Waals surface area contributed by atoms with Crippen LogP contribution in [-0.2, 0) is 0 Å². The maximum Gasteiger partial charge on any atom is 0.00388 e. The standard InChI is InChI=1S/C15H31N/c1-14-10-6-2-4-8-12-15(16)13-9-5-3-7-11-14/h14-15H,2-13,16H2,1H3. The van der Waals surface area contributed by atoms with Gasteiger partial charge in [-0.2, -0.15) is 0 Å². The Hall–Kier alpha value is -0.0400. The summed E-state index contributed by atoms with van der Waals surface area (Å²) in [4.78, 5) is 0. The largest absolute Gasteiger partial charge is 0.328 e. The van der Waals surface area contributed by atoms with E-state index in [4.69, 9.17) is 5.73 Å². The molecule has 0 aliphatic heterocycles. The van der Waals surface area contributed by atoms with Crippen molar-refractivity contribution in [3.8, 4) is 0 Å². The van der Waals surface area contributed by atoms with Gasteiger partial charge >= 0.3 is 0 Å². The number of hydrogen-bond donors (Lipinski definition) is 1. The van der Waals surface area contributed by atoms with E-state index in [0.29, 0.717) is 6.04 Å². The van der Waals surface area contributed by atoms with Gasteiger partial charge in [0.1, 0.15) is 0 Å². The van der Waals surface area contributed by atoms with Crippen LogP contribution in [0, 0.1) is 5.92 Å². The molecule has 1 fully saturated rings. The van der Waals surface area contributed by atoms with E-state index in [1.807, 2.05) is 0 Å². The minimum absolute atomic E-state index is 0.488. The van der Waals surface area contributed by atoms with Gasteiger partial charge < -0.3 is 5.73 Å². The normalized spacial score (nSPS) is 31.9. The Morgan fingerprint density at radius 3 is 1.44 bits per heavy atom. The SMILES string of the molecule is CC1CCCCCCC(N)CCCCCC1. The Bertz CT molecular complexity index is 122. The van der Waals surface area contributed by atoms with Gasteiger partial charge in [-0.05, 0) is 18.8 Å². The lowest BCUT2D eigenvalue weighted by atomic mass is 9.94.